The molecule has 2 N–H and O–H groups in total. The lowest BCUT2D eigenvalue weighted by atomic mass is 10.1. The van der Waals surface area contributed by atoms with Crippen molar-refractivity contribution in [2.45, 2.75) is 85.5 Å². The molecule has 0 saturated carbocycles. The van der Waals surface area contributed by atoms with Crippen molar-refractivity contribution in [3.05, 3.63) is 24.3 Å². The summed E-state index contributed by atoms with van der Waals surface area (Å²) < 4.78 is 0. The van der Waals surface area contributed by atoms with Crippen molar-refractivity contribution in [2.24, 2.45) is 11.8 Å². The first-order valence-electron chi connectivity index (χ1n) is 9.63. The fourth-order valence-electron chi connectivity index (χ4n) is 1.84. The van der Waals surface area contributed by atoms with Crippen LogP contribution in [0.1, 0.15) is 85.5 Å². The van der Waals surface area contributed by atoms with E-state index in [0.29, 0.717) is 24.9 Å². The van der Waals surface area contributed by atoms with Gasteiger partial charge >= 0.3 is 5.97 Å². The topological polar surface area (TPSA) is 57.5 Å². The highest BCUT2D eigenvalue weighted by Crippen LogP contribution is 2.06. The van der Waals surface area contributed by atoms with E-state index in [2.05, 4.69) is 52.0 Å². The van der Waals surface area contributed by atoms with Gasteiger partial charge in [0.2, 0.25) is 0 Å². The molecule has 0 aliphatic rings. The summed E-state index contributed by atoms with van der Waals surface area (Å²) in [6.45, 7) is 9.11. The van der Waals surface area contributed by atoms with Gasteiger partial charge in [-0.05, 0) is 50.4 Å². The van der Waals surface area contributed by atoms with Gasteiger partial charge < -0.3 is 10.2 Å². The summed E-state index contributed by atoms with van der Waals surface area (Å²) in [6, 6.07) is 0. The Morgan fingerprint density at radius 1 is 0.875 bits per heavy atom. The Morgan fingerprint density at radius 3 is 1.71 bits per heavy atom. The minimum absolute atomic E-state index is 0.303. The molecule has 0 aromatic carbocycles. The van der Waals surface area contributed by atoms with Crippen LogP contribution >= 0.6 is 0 Å². The summed E-state index contributed by atoms with van der Waals surface area (Å²) >= 11 is 0. The van der Waals surface area contributed by atoms with Gasteiger partial charge in [0.05, 0.1) is 0 Å². The predicted octanol–water partition coefficient (Wildman–Crippen LogP) is 5.99. The molecule has 0 radical (unpaired) electrons. The van der Waals surface area contributed by atoms with Crippen molar-refractivity contribution in [1.29, 1.82) is 0 Å². The van der Waals surface area contributed by atoms with Gasteiger partial charge in [0.15, 0.2) is 0 Å². The summed E-state index contributed by atoms with van der Waals surface area (Å²) in [6.07, 6.45) is 17.5. The molecule has 0 aromatic rings. The molecule has 0 bridgehead atoms. The van der Waals surface area contributed by atoms with E-state index in [0.717, 1.165) is 38.5 Å². The molecule has 0 aromatic heterocycles. The molecule has 3 nitrogen and oxygen atoms in total. The highest BCUT2D eigenvalue weighted by atomic mass is 16.4. The normalized spacial score (nSPS) is 13.7. The maximum atomic E-state index is 10.2. The highest BCUT2D eigenvalue weighted by molar-refractivity contribution is 5.66. The fourth-order valence-corrected chi connectivity index (χ4v) is 1.84. The van der Waals surface area contributed by atoms with Crippen molar-refractivity contribution < 1.29 is 15.0 Å². The summed E-state index contributed by atoms with van der Waals surface area (Å²) in [4.78, 5) is 10.2. The zero-order valence-corrected chi connectivity index (χ0v) is 16.3. The number of rotatable bonds is 13. The number of allylic oxidation sites excluding steroid dienone is 4. The van der Waals surface area contributed by atoms with Crippen LogP contribution in [0.4, 0.5) is 0 Å². The van der Waals surface area contributed by atoms with Gasteiger partial charge in [0, 0.05) is 13.0 Å². The second kappa shape index (κ2) is 20.0. The molecule has 0 heterocycles. The molecular weight excluding hydrogens is 300 g/mol. The first-order chi connectivity index (χ1) is 11.5. The molecule has 3 heteroatoms. The van der Waals surface area contributed by atoms with Crippen LogP contribution in [-0.2, 0) is 4.79 Å². The Morgan fingerprint density at radius 2 is 1.33 bits per heavy atom. The molecule has 0 amide bonds. The number of aliphatic carboxylic acids is 1. The number of carbonyl (C=O) groups is 1. The van der Waals surface area contributed by atoms with E-state index < -0.39 is 5.97 Å². The van der Waals surface area contributed by atoms with Gasteiger partial charge in [-0.25, -0.2) is 0 Å². The van der Waals surface area contributed by atoms with Gasteiger partial charge in [-0.3, -0.25) is 4.79 Å². The molecule has 142 valence electrons. The predicted molar refractivity (Wildman–Crippen MR) is 104 cm³/mol. The van der Waals surface area contributed by atoms with Crippen LogP contribution < -0.4 is 0 Å². The lowest BCUT2D eigenvalue weighted by Gasteiger charge is -1.99. The molecule has 0 fully saturated rings. The Hall–Kier alpha value is -1.09. The van der Waals surface area contributed by atoms with Gasteiger partial charge in [-0.15, -0.1) is 0 Å². The lowest BCUT2D eigenvalue weighted by molar-refractivity contribution is -0.137. The van der Waals surface area contributed by atoms with Gasteiger partial charge in [0.25, 0.3) is 0 Å². The third kappa shape index (κ3) is 23.2. The quantitative estimate of drug-likeness (QED) is 0.320. The smallest absolute Gasteiger partial charge is 0.303 e. The highest BCUT2D eigenvalue weighted by Gasteiger charge is 1.95. The largest absolute Gasteiger partial charge is 0.481 e. The first kappa shape index (κ1) is 25.2. The Balaban J connectivity index is 0. The van der Waals surface area contributed by atoms with Crippen molar-refractivity contribution in [2.75, 3.05) is 6.61 Å². The van der Waals surface area contributed by atoms with Crippen molar-refractivity contribution >= 4 is 5.97 Å². The molecule has 0 spiro atoms. The van der Waals surface area contributed by atoms with E-state index in [9.17, 15) is 4.79 Å². The molecule has 24 heavy (non-hydrogen) atoms. The minimum atomic E-state index is -0.689. The maximum Gasteiger partial charge on any atom is 0.303 e. The number of hydrogen-bond acceptors (Lipinski definition) is 2. The number of hydrogen-bond donors (Lipinski definition) is 2. The number of carboxylic acid groups (broad SMARTS) is 1. The average Bonchev–Trinajstić information content (AvgIpc) is 2.57. The number of aliphatic hydroxyl groups is 1. The number of aliphatic hydroxyl groups excluding tert-OH is 1. The van der Waals surface area contributed by atoms with Crippen LogP contribution in [0.2, 0.25) is 0 Å². The van der Waals surface area contributed by atoms with Crippen LogP contribution in [0, 0.1) is 11.8 Å². The van der Waals surface area contributed by atoms with E-state index in [1.54, 1.807) is 0 Å². The van der Waals surface area contributed by atoms with E-state index in [-0.39, 0.29) is 0 Å². The van der Waals surface area contributed by atoms with Gasteiger partial charge in [-0.1, -0.05) is 64.8 Å². The molecular formula is C21H40O3. The lowest BCUT2D eigenvalue weighted by Crippen LogP contribution is -1.93. The van der Waals surface area contributed by atoms with Crippen LogP contribution in [0.3, 0.4) is 0 Å². The molecule has 0 saturated heterocycles. The van der Waals surface area contributed by atoms with Crippen molar-refractivity contribution in [1.82, 2.24) is 0 Å². The van der Waals surface area contributed by atoms with Crippen LogP contribution in [-0.4, -0.2) is 22.8 Å². The summed E-state index contributed by atoms with van der Waals surface area (Å²) in [5.41, 5.74) is 0. The zero-order chi connectivity index (χ0) is 18.6. The molecule has 2 unspecified atom stereocenters. The fraction of sp³-hybridized carbons (Fsp3) is 0.762. The Kier molecular flexibility index (Phi) is 20.9. The second-order valence-corrected chi connectivity index (χ2v) is 6.49. The Bertz CT molecular complexity index is 321. The van der Waals surface area contributed by atoms with Crippen LogP contribution in [0.15, 0.2) is 24.3 Å². The van der Waals surface area contributed by atoms with E-state index in [1.165, 1.54) is 12.8 Å². The number of carboxylic acids is 1. The average molecular weight is 341 g/mol. The third-order valence-corrected chi connectivity index (χ3v) is 4.01. The zero-order valence-electron chi connectivity index (χ0n) is 16.3. The van der Waals surface area contributed by atoms with E-state index >= 15 is 0 Å². The first-order valence-corrected chi connectivity index (χ1v) is 9.63. The van der Waals surface area contributed by atoms with E-state index in [4.69, 9.17) is 10.2 Å². The molecule has 0 rings (SSSR count). The summed E-state index contributed by atoms with van der Waals surface area (Å²) in [5.74, 6) is 0.675. The molecule has 0 aliphatic carbocycles. The third-order valence-electron chi connectivity index (χ3n) is 4.01. The number of unbranched alkanes of at least 4 members (excludes halogenated alkanes) is 4. The monoisotopic (exact) mass is 340 g/mol. The maximum absolute atomic E-state index is 10.2. The minimum Gasteiger partial charge on any atom is -0.481 e. The van der Waals surface area contributed by atoms with E-state index in [1.807, 2.05) is 0 Å². The standard InChI is InChI=1S/C11H20O2.C10H20O/c1-3-10(2)8-6-4-5-7-9-11(12)13;1-3-10(2)8-6-4-5-7-9-11/h6,8,10H,3-5,7,9H2,1-2H3,(H,12,13);6,8,10-11H,3-5,7,9H2,1-2H3/b2*8-6+. The van der Waals surface area contributed by atoms with Crippen LogP contribution in [0.25, 0.3) is 0 Å². The molecule has 2 atom stereocenters. The Labute approximate surface area is 149 Å². The van der Waals surface area contributed by atoms with Crippen LogP contribution in [0.5, 0.6) is 0 Å². The van der Waals surface area contributed by atoms with Gasteiger partial charge in [-0.2, -0.15) is 0 Å². The SMILES string of the molecule is CCC(C)/C=C/CCCCC(=O)O.CCC(C)/C=C/CCCCO. The molecule has 0 aliphatic heterocycles. The summed E-state index contributed by atoms with van der Waals surface area (Å²) in [5, 5.41) is 16.9. The van der Waals surface area contributed by atoms with Crippen molar-refractivity contribution in [3.63, 3.8) is 0 Å². The van der Waals surface area contributed by atoms with Crippen molar-refractivity contribution in [3.8, 4) is 0 Å². The van der Waals surface area contributed by atoms with Gasteiger partial charge in [0.1, 0.15) is 0 Å². The summed E-state index contributed by atoms with van der Waals surface area (Å²) in [7, 11) is 0. The second-order valence-electron chi connectivity index (χ2n) is 6.49.